The zero-order valence-corrected chi connectivity index (χ0v) is 13.6. The van der Waals surface area contributed by atoms with E-state index in [1.807, 2.05) is 31.8 Å². The van der Waals surface area contributed by atoms with E-state index in [0.29, 0.717) is 23.9 Å². The van der Waals surface area contributed by atoms with Gasteiger partial charge in [-0.3, -0.25) is 0 Å². The highest BCUT2D eigenvalue weighted by Crippen LogP contribution is 2.14. The molecule has 1 unspecified atom stereocenters. The lowest BCUT2D eigenvalue weighted by atomic mass is 10.2. The van der Waals surface area contributed by atoms with Gasteiger partial charge in [-0.05, 0) is 31.0 Å². The maximum Gasteiger partial charge on any atom is 0.242 e. The first-order valence-electron chi connectivity index (χ1n) is 6.19. The summed E-state index contributed by atoms with van der Waals surface area (Å²) in [5.74, 6) is 1.27. The maximum atomic E-state index is 12.2. The number of aryl methyl sites for hydroxylation is 1. The fraction of sp³-hybridized carbons (Fsp3) is 0.667. The first-order chi connectivity index (χ1) is 8.90. The van der Waals surface area contributed by atoms with Crippen LogP contribution < -0.4 is 10.0 Å². The summed E-state index contributed by atoms with van der Waals surface area (Å²) in [6.45, 7) is 3.16. The van der Waals surface area contributed by atoms with E-state index in [4.69, 9.17) is 0 Å². The second kappa shape index (κ2) is 7.33. The Kier molecular flexibility index (Phi) is 6.38. The van der Waals surface area contributed by atoms with Crippen LogP contribution in [0.3, 0.4) is 0 Å². The number of thioether (sulfide) groups is 1. The molecule has 110 valence electrons. The number of sulfonamides is 1. The van der Waals surface area contributed by atoms with Crippen molar-refractivity contribution in [2.24, 2.45) is 13.0 Å². The largest absolute Gasteiger partial charge is 0.352 e. The van der Waals surface area contributed by atoms with Crippen LogP contribution in [0.4, 0.5) is 0 Å². The van der Waals surface area contributed by atoms with E-state index in [9.17, 15) is 8.42 Å². The van der Waals surface area contributed by atoms with Crippen molar-refractivity contribution in [3.8, 4) is 0 Å². The zero-order valence-electron chi connectivity index (χ0n) is 11.9. The minimum absolute atomic E-state index is 0.324. The van der Waals surface area contributed by atoms with Gasteiger partial charge in [-0.1, -0.05) is 6.92 Å². The van der Waals surface area contributed by atoms with Gasteiger partial charge in [0.1, 0.15) is 0 Å². The van der Waals surface area contributed by atoms with Gasteiger partial charge >= 0.3 is 0 Å². The Labute approximate surface area is 120 Å². The van der Waals surface area contributed by atoms with Crippen LogP contribution in [0.25, 0.3) is 0 Å². The topological polar surface area (TPSA) is 63.1 Å². The first-order valence-corrected chi connectivity index (χ1v) is 9.07. The Morgan fingerprint density at radius 1 is 1.47 bits per heavy atom. The van der Waals surface area contributed by atoms with Crippen molar-refractivity contribution >= 4 is 21.8 Å². The van der Waals surface area contributed by atoms with Crippen LogP contribution in [-0.4, -0.2) is 38.6 Å². The summed E-state index contributed by atoms with van der Waals surface area (Å²) in [6, 6.07) is 1.71. The van der Waals surface area contributed by atoms with Crippen LogP contribution >= 0.6 is 11.8 Å². The molecule has 0 aliphatic rings. The number of nitrogens with zero attached hydrogens (tertiary/aromatic N) is 1. The highest BCUT2D eigenvalue weighted by molar-refractivity contribution is 7.98. The smallest absolute Gasteiger partial charge is 0.242 e. The Hall–Kier alpha value is -0.500. The van der Waals surface area contributed by atoms with E-state index in [0.717, 1.165) is 11.4 Å². The lowest BCUT2D eigenvalue weighted by Crippen LogP contribution is -2.29. The monoisotopic (exact) mass is 305 g/mol. The molecule has 19 heavy (non-hydrogen) atoms. The van der Waals surface area contributed by atoms with Crippen LogP contribution in [0.5, 0.6) is 0 Å². The molecule has 1 rings (SSSR count). The Balaban J connectivity index is 2.74. The number of aromatic nitrogens is 1. The van der Waals surface area contributed by atoms with E-state index in [-0.39, 0.29) is 0 Å². The van der Waals surface area contributed by atoms with Crippen molar-refractivity contribution in [2.75, 3.05) is 25.6 Å². The Morgan fingerprint density at radius 3 is 2.74 bits per heavy atom. The molecule has 5 nitrogen and oxygen atoms in total. The van der Waals surface area contributed by atoms with Crippen molar-refractivity contribution in [1.29, 1.82) is 0 Å². The SMILES string of the molecule is CNCc1cc(S(=O)(=O)NCC(C)CSC)cn1C. The predicted molar refractivity (Wildman–Crippen MR) is 80.9 cm³/mol. The van der Waals surface area contributed by atoms with Gasteiger partial charge in [0, 0.05) is 32.0 Å². The zero-order chi connectivity index (χ0) is 14.5. The second-order valence-corrected chi connectivity index (χ2v) is 7.40. The van der Waals surface area contributed by atoms with Gasteiger partial charge in [-0.25, -0.2) is 13.1 Å². The summed E-state index contributed by atoms with van der Waals surface area (Å²) in [5, 5.41) is 3.02. The van der Waals surface area contributed by atoms with E-state index in [1.165, 1.54) is 0 Å². The second-order valence-electron chi connectivity index (χ2n) is 4.72. The Bertz CT molecular complexity index is 497. The molecule has 2 N–H and O–H groups in total. The summed E-state index contributed by atoms with van der Waals surface area (Å²) in [5.41, 5.74) is 0.944. The highest BCUT2D eigenvalue weighted by Gasteiger charge is 2.18. The normalized spacial score (nSPS) is 13.7. The van der Waals surface area contributed by atoms with E-state index < -0.39 is 10.0 Å². The van der Waals surface area contributed by atoms with Crippen molar-refractivity contribution < 1.29 is 8.42 Å². The number of hydrogen-bond acceptors (Lipinski definition) is 4. The quantitative estimate of drug-likeness (QED) is 0.753. The summed E-state index contributed by atoms with van der Waals surface area (Å²) in [4.78, 5) is 0.330. The molecule has 0 aliphatic heterocycles. The minimum Gasteiger partial charge on any atom is -0.352 e. The first kappa shape index (κ1) is 16.6. The molecule has 1 aromatic heterocycles. The van der Waals surface area contributed by atoms with Gasteiger partial charge in [-0.15, -0.1) is 0 Å². The van der Waals surface area contributed by atoms with Gasteiger partial charge in [0.15, 0.2) is 0 Å². The molecule has 7 heteroatoms. The molecule has 0 saturated heterocycles. The molecule has 0 fully saturated rings. The molecule has 1 atom stereocenters. The molecule has 1 heterocycles. The van der Waals surface area contributed by atoms with Crippen LogP contribution in [0.15, 0.2) is 17.2 Å². The van der Waals surface area contributed by atoms with Crippen molar-refractivity contribution in [2.45, 2.75) is 18.4 Å². The highest BCUT2D eigenvalue weighted by atomic mass is 32.2. The van der Waals surface area contributed by atoms with Gasteiger partial charge in [-0.2, -0.15) is 11.8 Å². The van der Waals surface area contributed by atoms with Crippen LogP contribution in [0, 0.1) is 5.92 Å². The summed E-state index contributed by atoms with van der Waals surface area (Å²) in [6.07, 6.45) is 3.67. The number of rotatable bonds is 8. The summed E-state index contributed by atoms with van der Waals surface area (Å²) < 4.78 is 28.8. The molecule has 1 aromatic rings. The minimum atomic E-state index is -3.40. The van der Waals surface area contributed by atoms with Gasteiger partial charge in [0.05, 0.1) is 4.90 Å². The molecule has 0 bridgehead atoms. The summed E-state index contributed by atoms with van der Waals surface area (Å²) >= 11 is 1.72. The lowest BCUT2D eigenvalue weighted by molar-refractivity contribution is 0.562. The fourth-order valence-corrected chi connectivity index (χ4v) is 3.71. The molecule has 0 aromatic carbocycles. The fourth-order valence-electron chi connectivity index (χ4n) is 1.76. The third kappa shape index (κ3) is 4.83. The third-order valence-electron chi connectivity index (χ3n) is 2.82. The molecule has 0 radical (unpaired) electrons. The summed E-state index contributed by atoms with van der Waals surface area (Å²) in [7, 11) is 0.285. The third-order valence-corrected chi connectivity index (χ3v) is 5.12. The Morgan fingerprint density at radius 2 is 2.16 bits per heavy atom. The van der Waals surface area contributed by atoms with E-state index in [1.54, 1.807) is 24.0 Å². The van der Waals surface area contributed by atoms with Crippen LogP contribution in [0.1, 0.15) is 12.6 Å². The lowest BCUT2D eigenvalue weighted by Gasteiger charge is -2.10. The van der Waals surface area contributed by atoms with Gasteiger partial charge in [0.25, 0.3) is 0 Å². The van der Waals surface area contributed by atoms with Crippen LogP contribution in [-0.2, 0) is 23.6 Å². The van der Waals surface area contributed by atoms with E-state index in [2.05, 4.69) is 10.0 Å². The average molecular weight is 305 g/mol. The molecular formula is C12H23N3O2S2. The molecule has 0 aliphatic carbocycles. The standard InChI is InChI=1S/C12H23N3O2S2/c1-10(9-18-4)6-14-19(16,17)12-5-11(7-13-2)15(3)8-12/h5,8,10,13-14H,6-7,9H2,1-4H3. The van der Waals surface area contributed by atoms with Crippen molar-refractivity contribution in [1.82, 2.24) is 14.6 Å². The predicted octanol–water partition coefficient (Wildman–Crippen LogP) is 1.02. The molecular weight excluding hydrogens is 282 g/mol. The van der Waals surface area contributed by atoms with Crippen LogP contribution in [0.2, 0.25) is 0 Å². The van der Waals surface area contributed by atoms with Gasteiger partial charge in [0.2, 0.25) is 10.0 Å². The van der Waals surface area contributed by atoms with Gasteiger partial charge < -0.3 is 9.88 Å². The molecule has 0 saturated carbocycles. The molecule has 0 spiro atoms. The van der Waals surface area contributed by atoms with Crippen molar-refractivity contribution in [3.63, 3.8) is 0 Å². The maximum absolute atomic E-state index is 12.2. The number of nitrogens with one attached hydrogen (secondary N) is 2. The van der Waals surface area contributed by atoms with E-state index >= 15 is 0 Å². The molecule has 0 amide bonds. The van der Waals surface area contributed by atoms with Crippen molar-refractivity contribution in [3.05, 3.63) is 18.0 Å². The number of hydrogen-bond donors (Lipinski definition) is 2. The average Bonchev–Trinajstić information content (AvgIpc) is 2.71.